The van der Waals surface area contributed by atoms with E-state index in [1.165, 1.54) is 24.8 Å². The lowest BCUT2D eigenvalue weighted by Gasteiger charge is -1.86. The van der Waals surface area contributed by atoms with Gasteiger partial charge in [0.05, 0.1) is 0 Å². The van der Waals surface area contributed by atoms with E-state index in [2.05, 4.69) is 16.4 Å². The maximum atomic E-state index is 3.75. The standard InChI is InChI=1S/C7H9N2/c1-2-6(1)3-7-4-8-9-5-7/h4,6H,1-3H2,(H,8,9). The summed E-state index contributed by atoms with van der Waals surface area (Å²) in [6.07, 6.45) is 8.81. The molecule has 1 heterocycles. The number of aromatic amines is 1. The van der Waals surface area contributed by atoms with Crippen molar-refractivity contribution in [1.29, 1.82) is 0 Å². The molecule has 1 aliphatic rings. The van der Waals surface area contributed by atoms with Crippen molar-refractivity contribution in [3.63, 3.8) is 0 Å². The molecule has 0 amide bonds. The van der Waals surface area contributed by atoms with Gasteiger partial charge in [0, 0.05) is 6.20 Å². The highest BCUT2D eigenvalue weighted by atomic mass is 15.1. The zero-order valence-corrected chi connectivity index (χ0v) is 5.22. The number of rotatable bonds is 2. The van der Waals surface area contributed by atoms with Crippen LogP contribution in [0.5, 0.6) is 0 Å². The van der Waals surface area contributed by atoms with E-state index in [1.54, 1.807) is 0 Å². The van der Waals surface area contributed by atoms with Gasteiger partial charge in [0.1, 0.15) is 6.20 Å². The van der Waals surface area contributed by atoms with Gasteiger partial charge in [-0.25, -0.2) is 0 Å². The lowest BCUT2D eigenvalue weighted by atomic mass is 10.2. The molecule has 0 unspecified atom stereocenters. The van der Waals surface area contributed by atoms with Crippen LogP contribution in [0, 0.1) is 12.1 Å². The zero-order valence-electron chi connectivity index (χ0n) is 5.22. The second-order valence-electron chi connectivity index (χ2n) is 2.67. The molecule has 1 aliphatic carbocycles. The molecule has 1 aromatic heterocycles. The van der Waals surface area contributed by atoms with Gasteiger partial charge in [0.15, 0.2) is 0 Å². The SMILES string of the molecule is [c]1n[nH]cc1CC1CC1. The molecule has 0 saturated heterocycles. The van der Waals surface area contributed by atoms with Gasteiger partial charge in [-0.15, -0.1) is 0 Å². The number of hydrogen-bond donors (Lipinski definition) is 1. The lowest BCUT2D eigenvalue weighted by Crippen LogP contribution is -1.81. The third-order valence-electron chi connectivity index (χ3n) is 1.71. The lowest BCUT2D eigenvalue weighted by molar-refractivity contribution is 0.832. The van der Waals surface area contributed by atoms with Crippen LogP contribution in [0.1, 0.15) is 18.4 Å². The molecule has 2 rings (SSSR count). The van der Waals surface area contributed by atoms with Crippen LogP contribution in [0.4, 0.5) is 0 Å². The maximum absolute atomic E-state index is 3.75. The van der Waals surface area contributed by atoms with Crippen molar-refractivity contribution in [2.75, 3.05) is 0 Å². The van der Waals surface area contributed by atoms with Gasteiger partial charge >= 0.3 is 0 Å². The van der Waals surface area contributed by atoms with Crippen LogP contribution in [-0.2, 0) is 6.42 Å². The molecule has 0 aliphatic heterocycles. The van der Waals surface area contributed by atoms with Gasteiger partial charge in [-0.1, -0.05) is 0 Å². The van der Waals surface area contributed by atoms with Gasteiger partial charge in [-0.3, -0.25) is 5.10 Å². The van der Waals surface area contributed by atoms with Crippen molar-refractivity contribution in [1.82, 2.24) is 10.2 Å². The van der Waals surface area contributed by atoms with E-state index >= 15 is 0 Å². The Morgan fingerprint density at radius 3 is 3.22 bits per heavy atom. The Kier molecular flexibility index (Phi) is 1.04. The fourth-order valence-electron chi connectivity index (χ4n) is 0.984. The first-order chi connectivity index (χ1) is 4.45. The molecule has 0 bridgehead atoms. The number of nitrogens with one attached hydrogen (secondary N) is 1. The summed E-state index contributed by atoms with van der Waals surface area (Å²) in [5, 5.41) is 6.51. The predicted octanol–water partition coefficient (Wildman–Crippen LogP) is 1.16. The van der Waals surface area contributed by atoms with E-state index in [9.17, 15) is 0 Å². The minimum atomic E-state index is 0.943. The highest BCUT2D eigenvalue weighted by Crippen LogP contribution is 2.31. The monoisotopic (exact) mass is 121 g/mol. The third kappa shape index (κ3) is 1.12. The summed E-state index contributed by atoms with van der Waals surface area (Å²) >= 11 is 0. The number of aromatic nitrogens is 2. The maximum Gasteiger partial charge on any atom is 0.116 e. The average Bonchev–Trinajstić information content (AvgIpc) is 2.46. The average molecular weight is 121 g/mol. The van der Waals surface area contributed by atoms with Crippen LogP contribution < -0.4 is 0 Å². The van der Waals surface area contributed by atoms with Crippen molar-refractivity contribution >= 4 is 0 Å². The second kappa shape index (κ2) is 1.87. The largest absolute Gasteiger partial charge is 0.285 e. The van der Waals surface area contributed by atoms with Gasteiger partial charge in [0.2, 0.25) is 0 Å². The molecule has 1 fully saturated rings. The summed E-state index contributed by atoms with van der Waals surface area (Å²) < 4.78 is 0. The number of hydrogen-bond acceptors (Lipinski definition) is 1. The molecule has 1 radical (unpaired) electrons. The Balaban J connectivity index is 1.99. The van der Waals surface area contributed by atoms with Crippen LogP contribution in [-0.4, -0.2) is 10.2 Å². The van der Waals surface area contributed by atoms with Gasteiger partial charge in [-0.2, -0.15) is 5.10 Å². The Morgan fingerprint density at radius 1 is 1.78 bits per heavy atom. The van der Waals surface area contributed by atoms with E-state index in [-0.39, 0.29) is 0 Å². The number of H-pyrrole nitrogens is 1. The molecular formula is C7H9N2. The summed E-state index contributed by atoms with van der Waals surface area (Å²) in [6, 6.07) is 0. The normalized spacial score (nSPS) is 18.2. The first-order valence-corrected chi connectivity index (χ1v) is 3.35. The van der Waals surface area contributed by atoms with Crippen LogP contribution in [0.25, 0.3) is 0 Å². The fourth-order valence-corrected chi connectivity index (χ4v) is 0.984. The van der Waals surface area contributed by atoms with E-state index < -0.39 is 0 Å². The van der Waals surface area contributed by atoms with E-state index in [0.29, 0.717) is 0 Å². The van der Waals surface area contributed by atoms with E-state index in [1.807, 2.05) is 6.20 Å². The van der Waals surface area contributed by atoms with Crippen molar-refractivity contribution in [2.24, 2.45) is 5.92 Å². The van der Waals surface area contributed by atoms with Crippen molar-refractivity contribution in [3.05, 3.63) is 18.0 Å². The molecule has 1 aromatic rings. The Bertz CT molecular complexity index is 175. The van der Waals surface area contributed by atoms with Crippen molar-refractivity contribution in [2.45, 2.75) is 19.3 Å². The van der Waals surface area contributed by atoms with Crippen LogP contribution in [0.3, 0.4) is 0 Å². The summed E-state index contributed by atoms with van der Waals surface area (Å²) in [7, 11) is 0. The molecular weight excluding hydrogens is 112 g/mol. The smallest absolute Gasteiger partial charge is 0.116 e. The molecule has 47 valence electrons. The Labute approximate surface area is 54.3 Å². The molecule has 0 atom stereocenters. The second-order valence-corrected chi connectivity index (χ2v) is 2.67. The summed E-state index contributed by atoms with van der Waals surface area (Å²) in [4.78, 5) is 0. The van der Waals surface area contributed by atoms with Crippen LogP contribution in [0.2, 0.25) is 0 Å². The third-order valence-corrected chi connectivity index (χ3v) is 1.71. The highest BCUT2D eigenvalue weighted by Gasteiger charge is 2.21. The highest BCUT2D eigenvalue weighted by molar-refractivity contribution is 5.03. The molecule has 0 aromatic carbocycles. The summed E-state index contributed by atoms with van der Waals surface area (Å²) in [6.45, 7) is 0. The minimum absolute atomic E-state index is 0.943. The first kappa shape index (κ1) is 5.03. The van der Waals surface area contributed by atoms with Crippen molar-refractivity contribution in [3.8, 4) is 0 Å². The van der Waals surface area contributed by atoms with Gasteiger partial charge in [0.25, 0.3) is 0 Å². The summed E-state index contributed by atoms with van der Waals surface area (Å²) in [5.74, 6) is 0.943. The Hall–Kier alpha value is -0.790. The van der Waals surface area contributed by atoms with Gasteiger partial charge < -0.3 is 0 Å². The topological polar surface area (TPSA) is 28.7 Å². The predicted molar refractivity (Wildman–Crippen MR) is 33.9 cm³/mol. The molecule has 0 spiro atoms. The Morgan fingerprint density at radius 2 is 2.67 bits per heavy atom. The number of nitrogens with zero attached hydrogens (tertiary/aromatic N) is 1. The fraction of sp³-hybridized carbons (Fsp3) is 0.571. The molecule has 1 saturated carbocycles. The molecule has 1 N–H and O–H groups in total. The molecule has 2 heteroatoms. The van der Waals surface area contributed by atoms with Crippen molar-refractivity contribution < 1.29 is 0 Å². The van der Waals surface area contributed by atoms with E-state index in [4.69, 9.17) is 0 Å². The minimum Gasteiger partial charge on any atom is -0.285 e. The molecule has 9 heavy (non-hydrogen) atoms. The van der Waals surface area contributed by atoms with Gasteiger partial charge in [-0.05, 0) is 30.7 Å². The summed E-state index contributed by atoms with van der Waals surface area (Å²) in [5.41, 5.74) is 1.23. The van der Waals surface area contributed by atoms with E-state index in [0.717, 1.165) is 5.92 Å². The zero-order chi connectivity index (χ0) is 6.10. The molecule has 2 nitrogen and oxygen atoms in total. The first-order valence-electron chi connectivity index (χ1n) is 3.35. The van der Waals surface area contributed by atoms with Crippen LogP contribution in [0.15, 0.2) is 6.20 Å². The quantitative estimate of drug-likeness (QED) is 0.625. The van der Waals surface area contributed by atoms with Crippen LogP contribution >= 0.6 is 0 Å².